The summed E-state index contributed by atoms with van der Waals surface area (Å²) in [5.41, 5.74) is 2.01. The van der Waals surface area contributed by atoms with E-state index in [2.05, 4.69) is 10.0 Å². The summed E-state index contributed by atoms with van der Waals surface area (Å²) in [4.78, 5) is 12.0. The Hall–Kier alpha value is -2.41. The smallest absolute Gasteiger partial charge is 0.229 e. The van der Waals surface area contributed by atoms with Crippen molar-refractivity contribution in [1.29, 1.82) is 0 Å². The molecule has 0 saturated heterocycles. The van der Waals surface area contributed by atoms with Crippen molar-refractivity contribution in [2.75, 3.05) is 16.3 Å². The van der Waals surface area contributed by atoms with E-state index in [1.165, 1.54) is 12.1 Å². The van der Waals surface area contributed by atoms with Gasteiger partial charge in [0.05, 0.1) is 18.4 Å². The maximum absolute atomic E-state index is 13.8. The van der Waals surface area contributed by atoms with Crippen molar-refractivity contribution in [1.82, 2.24) is 0 Å². The summed E-state index contributed by atoms with van der Waals surface area (Å²) in [7, 11) is -3.56. The summed E-state index contributed by atoms with van der Waals surface area (Å²) in [6.45, 7) is 1.93. The molecule has 0 bridgehead atoms. The van der Waals surface area contributed by atoms with E-state index in [9.17, 15) is 17.6 Å². The zero-order valence-corrected chi connectivity index (χ0v) is 13.6. The van der Waals surface area contributed by atoms with E-state index >= 15 is 0 Å². The van der Waals surface area contributed by atoms with Crippen LogP contribution < -0.4 is 10.0 Å². The topological polar surface area (TPSA) is 75.3 Å². The highest BCUT2D eigenvalue weighted by Crippen LogP contribution is 2.20. The molecule has 2 aromatic carbocycles. The molecule has 5 nitrogen and oxygen atoms in total. The lowest BCUT2D eigenvalue weighted by atomic mass is 10.1. The number of sulfonamides is 1. The van der Waals surface area contributed by atoms with Crippen molar-refractivity contribution in [3.8, 4) is 0 Å². The molecule has 122 valence electrons. The normalized spacial score (nSPS) is 11.1. The molecule has 2 aromatic rings. The Morgan fingerprint density at radius 2 is 1.91 bits per heavy atom. The average Bonchev–Trinajstić information content (AvgIpc) is 2.40. The maximum atomic E-state index is 13.8. The molecule has 2 rings (SSSR count). The molecule has 0 aliphatic rings. The van der Waals surface area contributed by atoms with Gasteiger partial charge in [0.25, 0.3) is 0 Å². The van der Waals surface area contributed by atoms with E-state index in [1.807, 2.05) is 31.2 Å². The monoisotopic (exact) mass is 336 g/mol. The molecule has 0 fully saturated rings. The highest BCUT2D eigenvalue weighted by molar-refractivity contribution is 7.92. The summed E-state index contributed by atoms with van der Waals surface area (Å²) in [5, 5.41) is 2.58. The minimum atomic E-state index is -3.56. The minimum absolute atomic E-state index is 0.163. The third-order valence-electron chi connectivity index (χ3n) is 3.00. The van der Waals surface area contributed by atoms with Gasteiger partial charge in [0.1, 0.15) is 5.82 Å². The van der Waals surface area contributed by atoms with Gasteiger partial charge in [-0.25, -0.2) is 12.8 Å². The van der Waals surface area contributed by atoms with Gasteiger partial charge in [-0.05, 0) is 30.7 Å². The Balaban J connectivity index is 2.05. The second-order valence-corrected chi connectivity index (χ2v) is 7.03. The number of hydrogen-bond acceptors (Lipinski definition) is 3. The van der Waals surface area contributed by atoms with Crippen LogP contribution in [-0.4, -0.2) is 20.6 Å². The number of rotatable bonds is 5. The average molecular weight is 336 g/mol. The van der Waals surface area contributed by atoms with Crippen LogP contribution in [-0.2, 0) is 21.2 Å². The van der Waals surface area contributed by atoms with Crippen LogP contribution in [0.2, 0.25) is 0 Å². The molecular weight excluding hydrogens is 319 g/mol. The Kier molecular flexibility index (Phi) is 5.00. The van der Waals surface area contributed by atoms with E-state index in [4.69, 9.17) is 0 Å². The zero-order valence-electron chi connectivity index (χ0n) is 12.8. The number of hydrogen-bond donors (Lipinski definition) is 2. The van der Waals surface area contributed by atoms with E-state index in [1.54, 1.807) is 0 Å². The Labute approximate surface area is 134 Å². The second kappa shape index (κ2) is 6.78. The van der Waals surface area contributed by atoms with Crippen molar-refractivity contribution in [3.63, 3.8) is 0 Å². The van der Waals surface area contributed by atoms with Gasteiger partial charge >= 0.3 is 0 Å². The lowest BCUT2D eigenvalue weighted by Crippen LogP contribution is -2.15. The second-order valence-electron chi connectivity index (χ2n) is 5.28. The van der Waals surface area contributed by atoms with Crippen molar-refractivity contribution in [2.45, 2.75) is 13.3 Å². The number of carbonyl (C=O) groups excluding carboxylic acids is 1. The first-order valence-corrected chi connectivity index (χ1v) is 8.75. The fourth-order valence-electron chi connectivity index (χ4n) is 2.09. The van der Waals surface area contributed by atoms with Gasteiger partial charge in [-0.2, -0.15) is 0 Å². The lowest BCUT2D eigenvalue weighted by Gasteiger charge is -2.09. The fourth-order valence-corrected chi connectivity index (χ4v) is 2.65. The number of carbonyl (C=O) groups is 1. The van der Waals surface area contributed by atoms with Crippen LogP contribution in [0.25, 0.3) is 0 Å². The molecule has 0 spiro atoms. The van der Waals surface area contributed by atoms with Gasteiger partial charge in [-0.3, -0.25) is 9.52 Å². The minimum Gasteiger partial charge on any atom is -0.326 e. The quantitative estimate of drug-likeness (QED) is 0.881. The summed E-state index contributed by atoms with van der Waals surface area (Å²) in [6, 6.07) is 11.3. The summed E-state index contributed by atoms with van der Waals surface area (Å²) in [5.74, 6) is -1.04. The van der Waals surface area contributed by atoms with Gasteiger partial charge in [-0.1, -0.05) is 29.8 Å². The molecule has 0 atom stereocenters. The van der Waals surface area contributed by atoms with Crippen LogP contribution in [0.1, 0.15) is 11.1 Å². The van der Waals surface area contributed by atoms with Crippen LogP contribution in [0.5, 0.6) is 0 Å². The number of nitrogens with one attached hydrogen (secondary N) is 2. The standard InChI is InChI=1S/C16H17FN2O3S/c1-11-4-3-5-12(8-11)9-16(20)18-13-6-7-15(14(17)10-13)19-23(2,21)22/h3-8,10,19H,9H2,1-2H3,(H,18,20). The zero-order chi connectivity index (χ0) is 17.0. The van der Waals surface area contributed by atoms with Crippen molar-refractivity contribution >= 4 is 27.3 Å². The number of aryl methyl sites for hydroxylation is 1. The first-order valence-electron chi connectivity index (χ1n) is 6.86. The van der Waals surface area contributed by atoms with E-state index in [0.717, 1.165) is 23.4 Å². The molecular formula is C16H17FN2O3S. The van der Waals surface area contributed by atoms with E-state index in [0.29, 0.717) is 0 Å². The molecule has 2 N–H and O–H groups in total. The molecule has 0 heterocycles. The van der Waals surface area contributed by atoms with Gasteiger partial charge in [-0.15, -0.1) is 0 Å². The summed E-state index contributed by atoms with van der Waals surface area (Å²) in [6.07, 6.45) is 1.11. The molecule has 0 aliphatic heterocycles. The third-order valence-corrected chi connectivity index (χ3v) is 3.59. The Morgan fingerprint density at radius 3 is 2.52 bits per heavy atom. The highest BCUT2D eigenvalue weighted by atomic mass is 32.2. The number of anilines is 2. The fraction of sp³-hybridized carbons (Fsp3) is 0.188. The van der Waals surface area contributed by atoms with Gasteiger partial charge in [0.2, 0.25) is 15.9 Å². The number of amides is 1. The SMILES string of the molecule is Cc1cccc(CC(=O)Nc2ccc(NS(C)(=O)=O)c(F)c2)c1. The van der Waals surface area contributed by atoms with Crippen molar-refractivity contribution in [2.24, 2.45) is 0 Å². The van der Waals surface area contributed by atoms with Crippen LogP contribution in [0.15, 0.2) is 42.5 Å². The molecule has 23 heavy (non-hydrogen) atoms. The molecule has 0 radical (unpaired) electrons. The first-order chi connectivity index (χ1) is 10.7. The van der Waals surface area contributed by atoms with E-state index in [-0.39, 0.29) is 23.7 Å². The third kappa shape index (κ3) is 5.37. The number of benzene rings is 2. The summed E-state index contributed by atoms with van der Waals surface area (Å²) < 4.78 is 38.1. The molecule has 7 heteroatoms. The molecule has 0 saturated carbocycles. The molecule has 0 unspecified atom stereocenters. The van der Waals surface area contributed by atoms with Gasteiger partial charge < -0.3 is 5.32 Å². The van der Waals surface area contributed by atoms with Gasteiger partial charge in [0.15, 0.2) is 0 Å². The highest BCUT2D eigenvalue weighted by Gasteiger charge is 2.10. The first kappa shape index (κ1) is 17.0. The van der Waals surface area contributed by atoms with Crippen LogP contribution >= 0.6 is 0 Å². The predicted octanol–water partition coefficient (Wildman–Crippen LogP) is 2.69. The van der Waals surface area contributed by atoms with E-state index < -0.39 is 15.8 Å². The largest absolute Gasteiger partial charge is 0.326 e. The maximum Gasteiger partial charge on any atom is 0.229 e. The summed E-state index contributed by atoms with van der Waals surface area (Å²) >= 11 is 0. The number of halogens is 1. The Morgan fingerprint density at radius 1 is 1.17 bits per heavy atom. The van der Waals surface area contributed by atoms with Crippen LogP contribution in [0.4, 0.5) is 15.8 Å². The molecule has 0 aromatic heterocycles. The molecule has 0 aliphatic carbocycles. The van der Waals surface area contributed by atoms with Gasteiger partial charge in [0, 0.05) is 5.69 Å². The Bertz CT molecular complexity index is 835. The lowest BCUT2D eigenvalue weighted by molar-refractivity contribution is -0.115. The van der Waals surface area contributed by atoms with Crippen LogP contribution in [0.3, 0.4) is 0 Å². The van der Waals surface area contributed by atoms with Crippen LogP contribution in [0, 0.1) is 12.7 Å². The van der Waals surface area contributed by atoms with Crippen molar-refractivity contribution in [3.05, 3.63) is 59.4 Å². The predicted molar refractivity (Wildman–Crippen MR) is 88.4 cm³/mol. The van der Waals surface area contributed by atoms with Crippen molar-refractivity contribution < 1.29 is 17.6 Å². The molecule has 1 amide bonds.